The van der Waals surface area contributed by atoms with Crippen LogP contribution >= 0.6 is 11.3 Å². The molecule has 7 nitrogen and oxygen atoms in total. The van der Waals surface area contributed by atoms with Gasteiger partial charge in [-0.05, 0) is 24.3 Å². The van der Waals surface area contributed by atoms with Crippen molar-refractivity contribution in [2.24, 2.45) is 0 Å². The van der Waals surface area contributed by atoms with Crippen LogP contribution in [0, 0.1) is 11.3 Å². The van der Waals surface area contributed by atoms with Crippen LogP contribution in [0.15, 0.2) is 42.2 Å². The zero-order valence-electron chi connectivity index (χ0n) is 12.6. The zero-order valence-corrected chi connectivity index (χ0v) is 13.4. The van der Waals surface area contributed by atoms with E-state index in [0.717, 1.165) is 33.2 Å². The molecule has 0 unspecified atom stereocenters. The third-order valence-electron chi connectivity index (χ3n) is 3.66. The van der Waals surface area contributed by atoms with Crippen molar-refractivity contribution in [1.29, 1.82) is 5.26 Å². The molecule has 0 aliphatic rings. The molecule has 0 aliphatic heterocycles. The molecule has 0 amide bonds. The van der Waals surface area contributed by atoms with Crippen molar-refractivity contribution in [2.75, 3.05) is 12.4 Å². The molecule has 0 saturated heterocycles. The molecule has 4 aromatic heterocycles. The monoisotopic (exact) mass is 333 g/mol. The van der Waals surface area contributed by atoms with E-state index in [-0.39, 0.29) is 0 Å². The molecule has 24 heavy (non-hydrogen) atoms. The summed E-state index contributed by atoms with van der Waals surface area (Å²) >= 11 is 1.47. The lowest BCUT2D eigenvalue weighted by Crippen LogP contribution is -1.98. The summed E-state index contributed by atoms with van der Waals surface area (Å²) < 4.78 is 1.77. The first-order chi connectivity index (χ1) is 11.8. The standard InChI is InChI=1S/C16H11N7S/c1-18-13-5-14(19-8-12(13)16-22-20-9-24-16)15-3-2-11-4-10(6-17)7-21-23(11)15/h2-5,7-9H,1H3,(H,18,19). The number of aromatic nitrogens is 5. The van der Waals surface area contributed by atoms with Crippen LogP contribution < -0.4 is 5.32 Å². The number of pyridine rings is 1. The van der Waals surface area contributed by atoms with Gasteiger partial charge in [-0.25, -0.2) is 4.52 Å². The fourth-order valence-electron chi connectivity index (χ4n) is 2.52. The van der Waals surface area contributed by atoms with Crippen LogP contribution in [-0.2, 0) is 0 Å². The highest BCUT2D eigenvalue weighted by atomic mass is 32.1. The first kappa shape index (κ1) is 14.3. The van der Waals surface area contributed by atoms with Gasteiger partial charge in [-0.3, -0.25) is 4.98 Å². The number of hydrogen-bond donors (Lipinski definition) is 1. The first-order valence-electron chi connectivity index (χ1n) is 7.13. The average molecular weight is 333 g/mol. The van der Waals surface area contributed by atoms with E-state index in [1.165, 1.54) is 11.3 Å². The summed E-state index contributed by atoms with van der Waals surface area (Å²) in [5.74, 6) is 0. The van der Waals surface area contributed by atoms with Gasteiger partial charge in [0.2, 0.25) is 0 Å². The molecule has 4 rings (SSSR count). The van der Waals surface area contributed by atoms with Crippen LogP contribution in [0.2, 0.25) is 0 Å². The maximum absolute atomic E-state index is 8.98. The van der Waals surface area contributed by atoms with Crippen LogP contribution in [-0.4, -0.2) is 31.8 Å². The Hall–Kier alpha value is -3.31. The number of hydrogen-bond acceptors (Lipinski definition) is 7. The van der Waals surface area contributed by atoms with Crippen LogP contribution in [0.1, 0.15) is 5.56 Å². The van der Waals surface area contributed by atoms with Crippen molar-refractivity contribution in [3.05, 3.63) is 47.7 Å². The predicted molar refractivity (Wildman–Crippen MR) is 91.6 cm³/mol. The summed E-state index contributed by atoms with van der Waals surface area (Å²) in [7, 11) is 1.86. The molecule has 4 aromatic rings. The molecule has 116 valence electrons. The van der Waals surface area contributed by atoms with Crippen LogP contribution in [0.5, 0.6) is 0 Å². The van der Waals surface area contributed by atoms with E-state index >= 15 is 0 Å². The Kier molecular flexibility index (Phi) is 3.40. The second-order valence-corrected chi connectivity index (χ2v) is 5.85. The summed E-state index contributed by atoms with van der Waals surface area (Å²) in [5.41, 5.74) is 6.54. The SMILES string of the molecule is CNc1cc(-c2ccc3cc(C#N)cnn23)ncc1-c1nncs1. The summed E-state index contributed by atoms with van der Waals surface area (Å²) in [6.07, 6.45) is 3.33. The van der Waals surface area contributed by atoms with Crippen molar-refractivity contribution in [2.45, 2.75) is 0 Å². The molecule has 0 bridgehead atoms. The predicted octanol–water partition coefficient (Wildman–Crippen LogP) is 2.83. The Morgan fingerprint density at radius 3 is 2.92 bits per heavy atom. The molecular formula is C16H11N7S. The Morgan fingerprint density at radius 2 is 2.17 bits per heavy atom. The molecule has 0 atom stereocenters. The molecule has 0 saturated carbocycles. The van der Waals surface area contributed by atoms with Gasteiger partial charge in [-0.2, -0.15) is 10.4 Å². The van der Waals surface area contributed by atoms with Crippen LogP contribution in [0.3, 0.4) is 0 Å². The number of nitrogens with zero attached hydrogens (tertiary/aromatic N) is 6. The van der Waals surface area contributed by atoms with Crippen molar-refractivity contribution < 1.29 is 0 Å². The highest BCUT2D eigenvalue weighted by molar-refractivity contribution is 7.12. The van der Waals surface area contributed by atoms with E-state index in [2.05, 4.69) is 31.7 Å². The van der Waals surface area contributed by atoms with Crippen molar-refractivity contribution in [3.8, 4) is 28.0 Å². The highest BCUT2D eigenvalue weighted by Gasteiger charge is 2.13. The van der Waals surface area contributed by atoms with E-state index in [1.54, 1.807) is 28.5 Å². The van der Waals surface area contributed by atoms with Crippen molar-refractivity contribution in [1.82, 2.24) is 24.8 Å². The topological polar surface area (TPSA) is 91.8 Å². The minimum atomic E-state index is 0.530. The normalized spacial score (nSPS) is 10.7. The quantitative estimate of drug-likeness (QED) is 0.620. The van der Waals surface area contributed by atoms with E-state index in [4.69, 9.17) is 5.26 Å². The average Bonchev–Trinajstić information content (AvgIpc) is 3.30. The van der Waals surface area contributed by atoms with E-state index in [9.17, 15) is 0 Å². The molecule has 0 radical (unpaired) electrons. The Bertz CT molecular complexity index is 1060. The van der Waals surface area contributed by atoms with Gasteiger partial charge in [0, 0.05) is 18.9 Å². The molecule has 1 N–H and O–H groups in total. The minimum absolute atomic E-state index is 0.530. The molecular weight excluding hydrogens is 322 g/mol. The third-order valence-corrected chi connectivity index (χ3v) is 4.38. The molecule has 4 heterocycles. The summed E-state index contributed by atoms with van der Waals surface area (Å²) in [5, 5.41) is 25.3. The maximum Gasteiger partial charge on any atom is 0.151 e. The van der Waals surface area contributed by atoms with Gasteiger partial charge in [0.25, 0.3) is 0 Å². The van der Waals surface area contributed by atoms with Gasteiger partial charge < -0.3 is 5.32 Å². The largest absolute Gasteiger partial charge is 0.387 e. The summed E-state index contributed by atoms with van der Waals surface area (Å²) in [6, 6.07) is 9.71. The Balaban J connectivity index is 1.84. The van der Waals surface area contributed by atoms with E-state index in [1.807, 2.05) is 25.2 Å². The lowest BCUT2D eigenvalue weighted by Gasteiger charge is -2.08. The van der Waals surface area contributed by atoms with Crippen LogP contribution in [0.25, 0.3) is 27.5 Å². The lowest BCUT2D eigenvalue weighted by atomic mass is 10.2. The van der Waals surface area contributed by atoms with Gasteiger partial charge in [-0.15, -0.1) is 10.2 Å². The molecule has 0 fully saturated rings. The third kappa shape index (κ3) is 2.28. The highest BCUT2D eigenvalue weighted by Crippen LogP contribution is 2.31. The second kappa shape index (κ2) is 5.72. The number of nitriles is 1. The van der Waals surface area contributed by atoms with Crippen molar-refractivity contribution >= 4 is 22.5 Å². The van der Waals surface area contributed by atoms with Gasteiger partial charge in [0.15, 0.2) is 5.01 Å². The van der Waals surface area contributed by atoms with Crippen LogP contribution in [0.4, 0.5) is 5.69 Å². The maximum atomic E-state index is 8.98. The van der Waals surface area contributed by atoms with E-state index in [0.29, 0.717) is 5.56 Å². The lowest BCUT2D eigenvalue weighted by molar-refractivity contribution is 0.939. The number of fused-ring (bicyclic) bond motifs is 1. The van der Waals surface area contributed by atoms with Gasteiger partial charge in [-0.1, -0.05) is 11.3 Å². The number of nitrogens with one attached hydrogen (secondary N) is 1. The van der Waals surface area contributed by atoms with Gasteiger partial charge in [0.1, 0.15) is 11.6 Å². The molecule has 0 spiro atoms. The van der Waals surface area contributed by atoms with Gasteiger partial charge in [0.05, 0.1) is 34.2 Å². The van der Waals surface area contributed by atoms with Crippen molar-refractivity contribution in [3.63, 3.8) is 0 Å². The molecule has 0 aliphatic carbocycles. The first-order valence-corrected chi connectivity index (χ1v) is 8.00. The zero-order chi connectivity index (χ0) is 16.5. The number of anilines is 1. The molecule has 0 aromatic carbocycles. The summed E-state index contributed by atoms with van der Waals surface area (Å²) in [4.78, 5) is 4.55. The Labute approximate surface area is 141 Å². The summed E-state index contributed by atoms with van der Waals surface area (Å²) in [6.45, 7) is 0. The Morgan fingerprint density at radius 1 is 1.25 bits per heavy atom. The van der Waals surface area contributed by atoms with Gasteiger partial charge >= 0.3 is 0 Å². The smallest absolute Gasteiger partial charge is 0.151 e. The molecule has 8 heteroatoms. The fourth-order valence-corrected chi connectivity index (χ4v) is 3.10. The second-order valence-electron chi connectivity index (χ2n) is 5.02. The number of rotatable bonds is 3. The fraction of sp³-hybridized carbons (Fsp3) is 0.0625. The van der Waals surface area contributed by atoms with E-state index < -0.39 is 0 Å². The minimum Gasteiger partial charge on any atom is -0.387 e.